The van der Waals surface area contributed by atoms with Crippen LogP contribution in [0.4, 0.5) is 0 Å². The normalized spacial score (nSPS) is 13.1. The number of oxazole rings is 1. The van der Waals surface area contributed by atoms with Crippen LogP contribution in [-0.2, 0) is 0 Å². The minimum Gasteiger partial charge on any atom is -0.431 e. The molecule has 0 radical (unpaired) electrons. The van der Waals surface area contributed by atoms with Crippen LogP contribution >= 0.6 is 11.8 Å². The topological polar surface area (TPSA) is 84.6 Å². The van der Waals surface area contributed by atoms with Gasteiger partial charge in [-0.1, -0.05) is 42.9 Å². The van der Waals surface area contributed by atoms with Crippen LogP contribution in [-0.4, -0.2) is 21.8 Å². The van der Waals surface area contributed by atoms with Crippen LogP contribution in [0.15, 0.2) is 39.1 Å². The van der Waals surface area contributed by atoms with Gasteiger partial charge in [-0.15, -0.1) is 0 Å². The maximum atomic E-state index is 8.71. The first-order chi connectivity index (χ1) is 9.03. The van der Waals surface area contributed by atoms with E-state index >= 15 is 0 Å². The Bertz CT molecular complexity index is 559. The van der Waals surface area contributed by atoms with Gasteiger partial charge >= 0.3 is 0 Å². The van der Waals surface area contributed by atoms with Gasteiger partial charge in [0.2, 0.25) is 0 Å². The summed E-state index contributed by atoms with van der Waals surface area (Å²) in [6, 6.07) is 7.67. The molecular weight excluding hydrogens is 262 g/mol. The van der Waals surface area contributed by atoms with Crippen LogP contribution in [0, 0.1) is 5.41 Å². The lowest BCUT2D eigenvalue weighted by atomic mass is 9.89. The van der Waals surface area contributed by atoms with E-state index in [4.69, 9.17) is 15.4 Å². The van der Waals surface area contributed by atoms with Gasteiger partial charge in [-0.2, -0.15) is 0 Å². The first-order valence-corrected chi connectivity index (χ1v) is 6.98. The number of aromatic nitrogens is 1. The molecule has 3 N–H and O–H groups in total. The Morgan fingerprint density at radius 3 is 2.89 bits per heavy atom. The number of oxime groups is 1. The highest BCUT2D eigenvalue weighted by atomic mass is 32.2. The molecule has 0 aliphatic carbocycles. The van der Waals surface area contributed by atoms with Crippen molar-refractivity contribution in [3.05, 3.63) is 24.3 Å². The van der Waals surface area contributed by atoms with Crippen LogP contribution < -0.4 is 5.73 Å². The number of amidine groups is 1. The summed E-state index contributed by atoms with van der Waals surface area (Å²) in [6.07, 6.45) is 0.770. The molecule has 0 bridgehead atoms. The molecule has 0 amide bonds. The predicted molar refractivity (Wildman–Crippen MR) is 76.5 cm³/mol. The van der Waals surface area contributed by atoms with Crippen LogP contribution in [0.5, 0.6) is 0 Å². The van der Waals surface area contributed by atoms with Gasteiger partial charge in [0.25, 0.3) is 5.22 Å². The van der Waals surface area contributed by atoms with Crippen molar-refractivity contribution in [2.24, 2.45) is 16.3 Å². The first-order valence-electron chi connectivity index (χ1n) is 5.99. The highest BCUT2D eigenvalue weighted by molar-refractivity contribution is 7.99. The fourth-order valence-electron chi connectivity index (χ4n) is 1.57. The van der Waals surface area contributed by atoms with E-state index in [1.165, 1.54) is 11.8 Å². The third-order valence-electron chi connectivity index (χ3n) is 3.03. The number of rotatable bonds is 5. The fraction of sp³-hybridized carbons (Fsp3) is 0.385. The summed E-state index contributed by atoms with van der Waals surface area (Å²) in [7, 11) is 0. The van der Waals surface area contributed by atoms with E-state index in [-0.39, 0.29) is 11.3 Å². The SMILES string of the molecule is CC(C)(CCSc1nc2ccccc2o1)C(N)=NO. The van der Waals surface area contributed by atoms with E-state index in [0.717, 1.165) is 23.3 Å². The number of thioether (sulfide) groups is 1. The zero-order valence-corrected chi connectivity index (χ0v) is 11.8. The van der Waals surface area contributed by atoms with Crippen molar-refractivity contribution < 1.29 is 9.62 Å². The summed E-state index contributed by atoms with van der Waals surface area (Å²) in [5.74, 6) is 1.03. The average molecular weight is 279 g/mol. The highest BCUT2D eigenvalue weighted by Crippen LogP contribution is 2.28. The zero-order valence-electron chi connectivity index (χ0n) is 11.0. The Morgan fingerprint density at radius 2 is 2.21 bits per heavy atom. The molecule has 0 fully saturated rings. The minimum atomic E-state index is -0.340. The second-order valence-corrected chi connectivity index (χ2v) is 5.96. The Kier molecular flexibility index (Phi) is 3.99. The Labute approximate surface area is 115 Å². The molecule has 6 heteroatoms. The van der Waals surface area contributed by atoms with Crippen molar-refractivity contribution >= 4 is 28.7 Å². The predicted octanol–water partition coefficient (Wildman–Crippen LogP) is 3.08. The maximum absolute atomic E-state index is 8.71. The molecule has 2 aromatic rings. The van der Waals surface area contributed by atoms with E-state index in [1.807, 2.05) is 38.1 Å². The third kappa shape index (κ3) is 3.20. The van der Waals surface area contributed by atoms with Crippen LogP contribution in [0.3, 0.4) is 0 Å². The number of hydrogen-bond donors (Lipinski definition) is 2. The van der Waals surface area contributed by atoms with Gasteiger partial charge in [-0.05, 0) is 18.6 Å². The van der Waals surface area contributed by atoms with Gasteiger partial charge in [0, 0.05) is 11.2 Å². The van der Waals surface area contributed by atoms with E-state index in [0.29, 0.717) is 5.22 Å². The van der Waals surface area contributed by atoms with Crippen molar-refractivity contribution in [3.8, 4) is 0 Å². The molecule has 0 aliphatic rings. The molecular formula is C13H17N3O2S. The largest absolute Gasteiger partial charge is 0.431 e. The molecule has 0 spiro atoms. The van der Waals surface area contributed by atoms with Crippen molar-refractivity contribution in [2.45, 2.75) is 25.5 Å². The summed E-state index contributed by atoms with van der Waals surface area (Å²) >= 11 is 1.53. The molecule has 0 unspecified atom stereocenters. The molecule has 1 heterocycles. The number of nitrogens with two attached hydrogens (primary N) is 1. The zero-order chi connectivity index (χ0) is 13.9. The number of para-hydroxylation sites is 2. The Hall–Kier alpha value is -1.69. The molecule has 102 valence electrons. The second kappa shape index (κ2) is 5.52. The summed E-state index contributed by atoms with van der Waals surface area (Å²) in [4.78, 5) is 4.38. The van der Waals surface area contributed by atoms with Crippen molar-refractivity contribution in [2.75, 3.05) is 5.75 Å². The van der Waals surface area contributed by atoms with Gasteiger partial charge in [0.15, 0.2) is 5.58 Å². The quantitative estimate of drug-likeness (QED) is 0.289. The van der Waals surface area contributed by atoms with E-state index in [2.05, 4.69) is 10.1 Å². The molecule has 0 saturated carbocycles. The van der Waals surface area contributed by atoms with Gasteiger partial charge in [-0.25, -0.2) is 4.98 Å². The molecule has 0 atom stereocenters. The Morgan fingerprint density at radius 1 is 1.47 bits per heavy atom. The number of benzene rings is 1. The van der Waals surface area contributed by atoms with Crippen molar-refractivity contribution in [1.29, 1.82) is 0 Å². The lowest BCUT2D eigenvalue weighted by Crippen LogP contribution is -2.32. The molecule has 2 rings (SSSR count). The lowest BCUT2D eigenvalue weighted by molar-refractivity contribution is 0.307. The molecule has 0 saturated heterocycles. The van der Waals surface area contributed by atoms with E-state index in [9.17, 15) is 0 Å². The van der Waals surface area contributed by atoms with Crippen LogP contribution in [0.2, 0.25) is 0 Å². The second-order valence-electron chi connectivity index (χ2n) is 4.92. The van der Waals surface area contributed by atoms with Crippen molar-refractivity contribution in [3.63, 3.8) is 0 Å². The Balaban J connectivity index is 1.96. The van der Waals surface area contributed by atoms with Crippen molar-refractivity contribution in [1.82, 2.24) is 4.98 Å². The monoisotopic (exact) mass is 279 g/mol. The minimum absolute atomic E-state index is 0.241. The summed E-state index contributed by atoms with van der Waals surface area (Å²) in [6.45, 7) is 3.88. The number of hydrogen-bond acceptors (Lipinski definition) is 5. The molecule has 1 aromatic heterocycles. The van der Waals surface area contributed by atoms with E-state index in [1.54, 1.807) is 0 Å². The van der Waals surface area contributed by atoms with Gasteiger partial charge in [0.1, 0.15) is 11.4 Å². The number of nitrogens with zero attached hydrogens (tertiary/aromatic N) is 2. The standard InChI is InChI=1S/C13H17N3O2S/c1-13(2,11(14)16-17)7-8-19-12-15-9-5-3-4-6-10(9)18-12/h3-6,17H,7-8H2,1-2H3,(H2,14,16). The summed E-state index contributed by atoms with van der Waals surface area (Å²) < 4.78 is 5.61. The molecule has 19 heavy (non-hydrogen) atoms. The molecule has 5 nitrogen and oxygen atoms in total. The maximum Gasteiger partial charge on any atom is 0.256 e. The van der Waals surface area contributed by atoms with Gasteiger partial charge in [0.05, 0.1) is 0 Å². The summed E-state index contributed by atoms with van der Waals surface area (Å²) in [5.41, 5.74) is 6.96. The van der Waals surface area contributed by atoms with Crippen LogP contribution in [0.1, 0.15) is 20.3 Å². The lowest BCUT2D eigenvalue weighted by Gasteiger charge is -2.21. The van der Waals surface area contributed by atoms with Crippen LogP contribution in [0.25, 0.3) is 11.1 Å². The number of fused-ring (bicyclic) bond motifs is 1. The third-order valence-corrected chi connectivity index (χ3v) is 3.86. The van der Waals surface area contributed by atoms with Gasteiger partial charge < -0.3 is 15.4 Å². The van der Waals surface area contributed by atoms with Gasteiger partial charge in [-0.3, -0.25) is 0 Å². The first kappa shape index (κ1) is 13.7. The average Bonchev–Trinajstić information content (AvgIpc) is 2.80. The summed E-state index contributed by atoms with van der Waals surface area (Å²) in [5, 5.41) is 12.4. The fourth-order valence-corrected chi connectivity index (χ4v) is 2.67. The molecule has 1 aromatic carbocycles. The smallest absolute Gasteiger partial charge is 0.256 e. The van der Waals surface area contributed by atoms with E-state index < -0.39 is 0 Å². The molecule has 0 aliphatic heterocycles. The highest BCUT2D eigenvalue weighted by Gasteiger charge is 2.23.